The lowest BCUT2D eigenvalue weighted by Crippen LogP contribution is -2.44. The number of para-hydroxylation sites is 1. The van der Waals surface area contributed by atoms with Gasteiger partial charge in [-0.1, -0.05) is 42.8 Å². The molecule has 2 heterocycles. The van der Waals surface area contributed by atoms with E-state index in [0.29, 0.717) is 12.1 Å². The first kappa shape index (κ1) is 26.4. The van der Waals surface area contributed by atoms with Crippen LogP contribution in [0, 0.1) is 13.8 Å². The van der Waals surface area contributed by atoms with Crippen LogP contribution in [0.3, 0.4) is 0 Å². The van der Waals surface area contributed by atoms with Gasteiger partial charge in [0.25, 0.3) is 0 Å². The van der Waals surface area contributed by atoms with Crippen LogP contribution in [-0.4, -0.2) is 25.4 Å². The van der Waals surface area contributed by atoms with Gasteiger partial charge in [0.1, 0.15) is 17.4 Å². The molecule has 0 saturated carbocycles. The second-order valence-electron chi connectivity index (χ2n) is 9.55. The number of esters is 1. The molecule has 0 aliphatic heterocycles. The maximum atomic E-state index is 13.6. The number of hydrogen-bond acceptors (Lipinski definition) is 6. The van der Waals surface area contributed by atoms with E-state index in [1.165, 1.54) is 24.3 Å². The van der Waals surface area contributed by atoms with E-state index in [1.807, 2.05) is 50.2 Å². The third-order valence-electron chi connectivity index (χ3n) is 6.65. The molecule has 0 spiro atoms. The summed E-state index contributed by atoms with van der Waals surface area (Å²) in [6, 6.07) is 19.4. The molecule has 5 rings (SSSR count). The van der Waals surface area contributed by atoms with E-state index in [1.54, 1.807) is 19.1 Å². The van der Waals surface area contributed by atoms with Crippen molar-refractivity contribution >= 4 is 37.9 Å². The molecule has 0 fully saturated rings. The minimum atomic E-state index is -4.05. The number of hydrogen-bond donors (Lipinski definition) is 2. The molecular weight excluding hydrogens is 516 g/mol. The molecule has 39 heavy (non-hydrogen) atoms. The monoisotopic (exact) mass is 544 g/mol. The van der Waals surface area contributed by atoms with E-state index < -0.39 is 27.7 Å². The van der Waals surface area contributed by atoms with Crippen LogP contribution >= 0.6 is 0 Å². The fourth-order valence-corrected chi connectivity index (χ4v) is 5.74. The Hall–Kier alpha value is -4.21. The number of aryl methyl sites for hydroxylation is 3. The van der Waals surface area contributed by atoms with E-state index >= 15 is 0 Å². The van der Waals surface area contributed by atoms with Crippen molar-refractivity contribution in [3.05, 3.63) is 106 Å². The highest BCUT2D eigenvalue weighted by atomic mass is 32.2. The van der Waals surface area contributed by atoms with Crippen molar-refractivity contribution in [2.24, 2.45) is 0 Å². The van der Waals surface area contributed by atoms with Crippen molar-refractivity contribution in [1.82, 2.24) is 9.71 Å². The lowest BCUT2D eigenvalue weighted by Gasteiger charge is -2.19. The first-order chi connectivity index (χ1) is 18.6. The Balaban J connectivity index is 1.51. The van der Waals surface area contributed by atoms with E-state index in [9.17, 15) is 18.0 Å². The van der Waals surface area contributed by atoms with Crippen LogP contribution in [0.2, 0.25) is 0 Å². The number of sulfonamides is 1. The molecule has 0 saturated heterocycles. The highest BCUT2D eigenvalue weighted by Gasteiger charge is 2.29. The van der Waals surface area contributed by atoms with Gasteiger partial charge in [-0.15, -0.1) is 0 Å². The summed E-state index contributed by atoms with van der Waals surface area (Å²) >= 11 is 0. The summed E-state index contributed by atoms with van der Waals surface area (Å²) < 4.78 is 40.2. The molecule has 8 nitrogen and oxygen atoms in total. The molecule has 3 aromatic carbocycles. The van der Waals surface area contributed by atoms with Crippen LogP contribution in [0.15, 0.2) is 86.9 Å². The summed E-state index contributed by atoms with van der Waals surface area (Å²) in [5.41, 5.74) is 3.69. The predicted octanol–water partition coefficient (Wildman–Crippen LogP) is 4.95. The fraction of sp³-hybridized carbons (Fsp3) is 0.200. The number of carbonyl (C=O) groups excluding carboxylic acids is 1. The lowest BCUT2D eigenvalue weighted by atomic mass is 10.1. The van der Waals surface area contributed by atoms with Crippen LogP contribution < -0.4 is 15.1 Å². The third-order valence-corrected chi connectivity index (χ3v) is 8.13. The standard InChI is InChI=1S/C30H28N2O6S/c1-4-20-15-24-19(3)13-29(33)37-28(24)17-27(20)38-30(34)26(16-22-14-21-7-5-6-8-25(21)31-22)32-39(35,36)23-11-9-18(2)10-12-23/h5-15,17,26,31-32H,4,16H2,1-3H3/t26-/m0/s1. The SMILES string of the molecule is CCc1cc2c(C)cc(=O)oc2cc1OC(=O)[C@H](Cc1cc2ccccc2[nH]1)NS(=O)(=O)c1ccc(C)cc1. The van der Waals surface area contributed by atoms with Crippen LogP contribution in [-0.2, 0) is 27.7 Å². The molecule has 1 atom stereocenters. The van der Waals surface area contributed by atoms with Crippen LogP contribution in [0.4, 0.5) is 0 Å². The number of carbonyl (C=O) groups is 1. The molecule has 0 radical (unpaired) electrons. The minimum Gasteiger partial charge on any atom is -0.425 e. The second kappa shape index (κ2) is 10.5. The maximum absolute atomic E-state index is 13.6. The lowest BCUT2D eigenvalue weighted by molar-refractivity contribution is -0.136. The van der Waals surface area contributed by atoms with Crippen LogP contribution in [0.5, 0.6) is 5.75 Å². The number of ether oxygens (including phenoxy) is 1. The second-order valence-corrected chi connectivity index (χ2v) is 11.3. The summed E-state index contributed by atoms with van der Waals surface area (Å²) in [6.45, 7) is 5.58. The normalized spacial score (nSPS) is 12.6. The van der Waals surface area contributed by atoms with E-state index in [0.717, 1.165) is 33.0 Å². The highest BCUT2D eigenvalue weighted by Crippen LogP contribution is 2.28. The maximum Gasteiger partial charge on any atom is 0.336 e. The van der Waals surface area contributed by atoms with Gasteiger partial charge in [-0.2, -0.15) is 4.72 Å². The van der Waals surface area contributed by atoms with Gasteiger partial charge < -0.3 is 14.1 Å². The van der Waals surface area contributed by atoms with Crippen LogP contribution in [0.1, 0.15) is 29.3 Å². The predicted molar refractivity (Wildman–Crippen MR) is 150 cm³/mol. The van der Waals surface area contributed by atoms with Gasteiger partial charge in [-0.05, 0) is 67.1 Å². The molecule has 0 aliphatic carbocycles. The number of aromatic nitrogens is 1. The van der Waals surface area contributed by atoms with Gasteiger partial charge in [0.2, 0.25) is 10.0 Å². The van der Waals surface area contributed by atoms with E-state index in [4.69, 9.17) is 9.15 Å². The summed E-state index contributed by atoms with van der Waals surface area (Å²) in [6.07, 6.45) is 0.570. The van der Waals surface area contributed by atoms with Gasteiger partial charge in [0.05, 0.1) is 4.90 Å². The zero-order valence-electron chi connectivity index (χ0n) is 21.8. The number of H-pyrrole nitrogens is 1. The van der Waals surface area contributed by atoms with E-state index in [-0.39, 0.29) is 22.6 Å². The van der Waals surface area contributed by atoms with Gasteiger partial charge in [0, 0.05) is 35.2 Å². The van der Waals surface area contributed by atoms with E-state index in [2.05, 4.69) is 9.71 Å². The number of fused-ring (bicyclic) bond motifs is 2. The Morgan fingerprint density at radius 3 is 2.49 bits per heavy atom. The highest BCUT2D eigenvalue weighted by molar-refractivity contribution is 7.89. The molecule has 2 N–H and O–H groups in total. The molecule has 200 valence electrons. The van der Waals surface area contributed by atoms with Gasteiger partial charge >= 0.3 is 11.6 Å². The topological polar surface area (TPSA) is 118 Å². The number of rotatable bonds is 8. The first-order valence-electron chi connectivity index (χ1n) is 12.6. The summed E-state index contributed by atoms with van der Waals surface area (Å²) in [5.74, 6) is -0.576. The average molecular weight is 545 g/mol. The van der Waals surface area contributed by atoms with Crippen molar-refractivity contribution in [2.45, 2.75) is 44.6 Å². The van der Waals surface area contributed by atoms with Gasteiger partial charge in [-0.25, -0.2) is 18.0 Å². The molecule has 0 unspecified atom stereocenters. The zero-order valence-corrected chi connectivity index (χ0v) is 22.6. The largest absolute Gasteiger partial charge is 0.425 e. The Bertz CT molecular complexity index is 1820. The van der Waals surface area contributed by atoms with Gasteiger partial charge in [0.15, 0.2) is 0 Å². The van der Waals surface area contributed by atoms with Crippen molar-refractivity contribution in [3.8, 4) is 5.75 Å². The Labute approximate surface area is 225 Å². The molecule has 0 aliphatic rings. The molecule has 0 amide bonds. The van der Waals surface area contributed by atoms with Crippen molar-refractivity contribution < 1.29 is 22.4 Å². The number of benzene rings is 3. The number of aromatic amines is 1. The quantitative estimate of drug-likeness (QED) is 0.162. The summed E-state index contributed by atoms with van der Waals surface area (Å²) in [4.78, 5) is 28.8. The Morgan fingerprint density at radius 2 is 1.77 bits per heavy atom. The van der Waals surface area contributed by atoms with Gasteiger partial charge in [-0.3, -0.25) is 0 Å². The molecule has 5 aromatic rings. The fourth-order valence-electron chi connectivity index (χ4n) is 4.55. The average Bonchev–Trinajstić information content (AvgIpc) is 3.30. The molecular formula is C30H28N2O6S. The molecule has 0 bridgehead atoms. The Kier molecular flexibility index (Phi) is 7.12. The third kappa shape index (κ3) is 5.64. The Morgan fingerprint density at radius 1 is 1.03 bits per heavy atom. The smallest absolute Gasteiger partial charge is 0.336 e. The van der Waals surface area contributed by atoms with Crippen molar-refractivity contribution in [1.29, 1.82) is 0 Å². The van der Waals surface area contributed by atoms with Crippen molar-refractivity contribution in [3.63, 3.8) is 0 Å². The number of nitrogens with one attached hydrogen (secondary N) is 2. The molecule has 2 aromatic heterocycles. The van der Waals surface area contributed by atoms with Crippen molar-refractivity contribution in [2.75, 3.05) is 0 Å². The minimum absolute atomic E-state index is 0.0296. The molecule has 9 heteroatoms. The van der Waals surface area contributed by atoms with Crippen LogP contribution in [0.25, 0.3) is 21.9 Å². The summed E-state index contributed by atoms with van der Waals surface area (Å²) in [5, 5.41) is 1.68. The zero-order chi connectivity index (χ0) is 27.7. The first-order valence-corrected chi connectivity index (χ1v) is 14.1. The summed E-state index contributed by atoms with van der Waals surface area (Å²) in [7, 11) is -4.05.